The highest BCUT2D eigenvalue weighted by atomic mass is 16.3. The number of aromatic nitrogens is 1. The molecule has 25 nitrogen and oxygen atoms in total. The third kappa shape index (κ3) is 30.6. The number of amides is 8. The topological polar surface area (TPSA) is 358 Å². The van der Waals surface area contributed by atoms with Crippen LogP contribution in [0.2, 0.25) is 0 Å². The van der Waals surface area contributed by atoms with E-state index >= 15 is 0 Å². The van der Waals surface area contributed by atoms with E-state index in [1.807, 2.05) is 121 Å². The number of benzene rings is 7. The number of aryl methyl sites for hydroxylation is 4. The summed E-state index contributed by atoms with van der Waals surface area (Å²) in [6.45, 7) is 10.7. The van der Waals surface area contributed by atoms with Crippen LogP contribution in [0.15, 0.2) is 199 Å². The van der Waals surface area contributed by atoms with Gasteiger partial charge in [0.2, 0.25) is 47.3 Å². The van der Waals surface area contributed by atoms with E-state index in [0.717, 1.165) is 95.5 Å². The lowest BCUT2D eigenvalue weighted by molar-refractivity contribution is -0.708. The molecule has 8 amide bonds. The molecular formula is C97H122N15O10+. The smallest absolute Gasteiger partial charge is 0.242 e. The number of unbranched alkanes of at least 4 members (excludes halogenated alkanes) is 6. The van der Waals surface area contributed by atoms with Crippen molar-refractivity contribution in [2.24, 2.45) is 10.7 Å². The summed E-state index contributed by atoms with van der Waals surface area (Å²) in [6, 6.07) is 57.8. The highest BCUT2D eigenvalue weighted by molar-refractivity contribution is 5.97. The molecule has 122 heavy (non-hydrogen) atoms. The first-order chi connectivity index (χ1) is 59.3. The fourth-order valence-electron chi connectivity index (χ4n) is 15.8. The number of hydrogen-bond donors (Lipinski definition) is 13. The van der Waals surface area contributed by atoms with E-state index in [0.29, 0.717) is 97.1 Å². The number of aliphatic imine (C=N–C) groups is 1. The lowest BCUT2D eigenvalue weighted by atomic mass is 9.90. The standard InChI is InChI=1S/C97H121N15O10/c1-69-63-73(43-44-74-65-79-35-25-57-111-58-26-36-80(66-74)91(79)111)64-70(2)112(69)62-61-110(59-55-100-85(115)39-19-3-5-21-41-87(117)108-96(98)102-53-23-37-83(92(119)104-67-71-45-49-81(113)50-46-71)106-94(121)89(75-27-11-7-12-28-75)76-29-13-8-14-30-76)60-56-101-86(116)40-20-4-6-22-42-88(118)109-97(99)103-54-24-38-84(93(120)105-68-72-47-51-82(114)52-48-72)107-95(122)90(77-31-15-9-16-32-77)78-33-17-10-18-34-78/h7-18,27-34,43-52,63-66,83-84,89-90H,3-6,19-26,35-42,53-62,67-68H2,1-2H3,(H13-,98,99,100,101,102,103,104,105,106,107,108,109,113,114,115,116,117,118,119,120,121,122)/p+1/t83-,84-/m1/s1. The fraction of sp³-hybridized carbons (Fsp3) is 0.392. The van der Waals surface area contributed by atoms with Crippen molar-refractivity contribution in [1.82, 2.24) is 52.8 Å². The van der Waals surface area contributed by atoms with E-state index in [2.05, 4.69) is 117 Å². The summed E-state index contributed by atoms with van der Waals surface area (Å²) < 4.78 is 2.31. The minimum absolute atomic E-state index is 0.0458. The highest BCUT2D eigenvalue weighted by Crippen LogP contribution is 2.37. The molecule has 0 fully saturated rings. The molecule has 0 spiro atoms. The van der Waals surface area contributed by atoms with E-state index in [1.54, 1.807) is 24.3 Å². The van der Waals surface area contributed by atoms with Crippen LogP contribution in [0.3, 0.4) is 0 Å². The first kappa shape index (κ1) is 91.8. The minimum Gasteiger partial charge on any atom is -0.508 e. The predicted octanol–water partition coefficient (Wildman–Crippen LogP) is 11.0. The Hall–Kier alpha value is -12.5. The molecule has 25 heteroatoms. The number of phenols is 2. The lowest BCUT2D eigenvalue weighted by Gasteiger charge is -2.37. The first-order valence-corrected chi connectivity index (χ1v) is 43.3. The second kappa shape index (κ2) is 49.3. The molecular weight excluding hydrogens is 1540 g/mol. The van der Waals surface area contributed by atoms with Crippen LogP contribution in [0.25, 0.3) is 12.2 Å². The van der Waals surface area contributed by atoms with Crippen molar-refractivity contribution in [3.8, 4) is 11.5 Å². The molecule has 2 atom stereocenters. The summed E-state index contributed by atoms with van der Waals surface area (Å²) in [5.74, 6) is -3.53. The maximum atomic E-state index is 14.1. The zero-order chi connectivity index (χ0) is 86.2. The summed E-state index contributed by atoms with van der Waals surface area (Å²) in [6.07, 6.45) is 16.7. The summed E-state index contributed by atoms with van der Waals surface area (Å²) in [4.78, 5) is 117. The second-order valence-corrected chi connectivity index (χ2v) is 31.7. The molecule has 644 valence electrons. The Bertz CT molecular complexity index is 4650. The van der Waals surface area contributed by atoms with E-state index < -0.39 is 23.9 Å². The number of guanidine groups is 2. The average molecular weight is 1660 g/mol. The van der Waals surface area contributed by atoms with Gasteiger partial charge in [-0.2, -0.15) is 4.57 Å². The first-order valence-electron chi connectivity index (χ1n) is 43.3. The fourth-order valence-corrected chi connectivity index (χ4v) is 15.8. The van der Waals surface area contributed by atoms with Gasteiger partial charge in [0, 0.05) is 123 Å². The van der Waals surface area contributed by atoms with Crippen LogP contribution < -0.4 is 63.1 Å². The maximum Gasteiger partial charge on any atom is 0.242 e. The third-order valence-electron chi connectivity index (χ3n) is 22.2. The van der Waals surface area contributed by atoms with Crippen LogP contribution in [-0.2, 0) is 70.8 Å². The lowest BCUT2D eigenvalue weighted by Crippen LogP contribution is -2.48. The van der Waals surface area contributed by atoms with Crippen molar-refractivity contribution in [2.75, 3.05) is 63.8 Å². The zero-order valence-electron chi connectivity index (χ0n) is 70.6. The van der Waals surface area contributed by atoms with Crippen molar-refractivity contribution in [1.29, 1.82) is 5.41 Å². The number of carbonyl (C=O) groups is 8. The second-order valence-electron chi connectivity index (χ2n) is 31.7. The molecule has 2 aliphatic heterocycles. The molecule has 7 aromatic carbocycles. The van der Waals surface area contributed by atoms with Gasteiger partial charge in [0.1, 0.15) is 23.6 Å². The van der Waals surface area contributed by atoms with Gasteiger partial charge in [0.15, 0.2) is 29.9 Å². The molecule has 8 aromatic rings. The SMILES string of the molecule is Cc1cc(/C=C/c2cc3c4c(c2)CCCN4CCC3)cc(C)[n+]1CCN(CCNC(=O)CCCCCCC(=O)NC(=N)NCCC[C@@H](NC(=O)C(c1ccccc1)c1ccccc1)C(=O)NCc1ccc(O)cc1)CCNC(=O)CCCCCCC(=O)NC(N)=NCCC[C@@H](NC(=O)C(c1ccccc1)c1ccccc1)C(=O)NCc1ccc(O)cc1. The van der Waals surface area contributed by atoms with Gasteiger partial charge in [0.25, 0.3) is 0 Å². The largest absolute Gasteiger partial charge is 0.508 e. The normalized spacial score (nSPS) is 12.9. The number of anilines is 1. The molecule has 0 saturated carbocycles. The number of pyridine rings is 1. The number of nitrogens with zero attached hydrogens (tertiary/aromatic N) is 4. The molecule has 2 aliphatic rings. The Balaban J connectivity index is 0.630. The number of phenolic OH excluding ortho intramolecular Hbond substituents is 2. The number of rotatable bonds is 47. The Kier molecular flexibility index (Phi) is 37.1. The quantitative estimate of drug-likeness (QED) is 0.00730. The van der Waals surface area contributed by atoms with Gasteiger partial charge in [-0.1, -0.05) is 183 Å². The van der Waals surface area contributed by atoms with Crippen molar-refractivity contribution in [3.05, 3.63) is 261 Å². The van der Waals surface area contributed by atoms with Crippen LogP contribution in [0, 0.1) is 19.3 Å². The number of hydrogen-bond acceptors (Lipinski definition) is 14. The molecule has 1 aromatic heterocycles. The molecule has 14 N–H and O–H groups in total. The molecule has 0 aliphatic carbocycles. The van der Waals surface area contributed by atoms with E-state index in [-0.39, 0.29) is 123 Å². The molecule has 3 heterocycles. The van der Waals surface area contributed by atoms with Crippen LogP contribution in [0.4, 0.5) is 5.69 Å². The van der Waals surface area contributed by atoms with Gasteiger partial charge in [-0.3, -0.25) is 64.3 Å². The van der Waals surface area contributed by atoms with Crippen molar-refractivity contribution in [2.45, 2.75) is 186 Å². The number of aromatic hydroxyl groups is 2. The molecule has 0 bridgehead atoms. The summed E-state index contributed by atoms with van der Waals surface area (Å²) >= 11 is 0. The Labute approximate surface area is 717 Å². The summed E-state index contributed by atoms with van der Waals surface area (Å²) in [5, 5.41) is 54.2. The number of nitrogens with two attached hydrogens (primary N) is 1. The zero-order valence-corrected chi connectivity index (χ0v) is 70.6. The van der Waals surface area contributed by atoms with Gasteiger partial charge < -0.3 is 58.1 Å². The van der Waals surface area contributed by atoms with Crippen LogP contribution in [-0.4, -0.2) is 145 Å². The van der Waals surface area contributed by atoms with E-state index in [1.165, 1.54) is 59.5 Å². The number of nitrogens with one attached hydrogen (secondary N) is 10. The van der Waals surface area contributed by atoms with Crippen LogP contribution in [0.1, 0.15) is 194 Å². The Morgan fingerprint density at radius 2 is 0.869 bits per heavy atom. The minimum atomic E-state index is -0.919. The van der Waals surface area contributed by atoms with Crippen molar-refractivity contribution < 1.29 is 53.1 Å². The Morgan fingerprint density at radius 3 is 1.30 bits per heavy atom. The van der Waals surface area contributed by atoms with Crippen molar-refractivity contribution in [3.63, 3.8) is 0 Å². The summed E-state index contributed by atoms with van der Waals surface area (Å²) in [7, 11) is 0. The van der Waals surface area contributed by atoms with Gasteiger partial charge in [0.05, 0.1) is 18.4 Å². The summed E-state index contributed by atoms with van der Waals surface area (Å²) in [5.41, 5.74) is 19.8. The van der Waals surface area contributed by atoms with E-state index in [4.69, 9.17) is 11.1 Å². The number of carbonyl (C=O) groups excluding carboxylic acids is 8. The molecule has 0 saturated heterocycles. The van der Waals surface area contributed by atoms with Gasteiger partial charge in [-0.25, -0.2) is 0 Å². The monoisotopic (exact) mass is 1660 g/mol. The van der Waals surface area contributed by atoms with Crippen molar-refractivity contribution >= 4 is 77.0 Å². The van der Waals surface area contributed by atoms with Gasteiger partial charge in [-0.05, 0) is 169 Å². The van der Waals surface area contributed by atoms with Gasteiger partial charge in [-0.15, -0.1) is 0 Å². The van der Waals surface area contributed by atoms with Crippen LogP contribution >= 0.6 is 0 Å². The van der Waals surface area contributed by atoms with E-state index in [9.17, 15) is 48.6 Å². The molecule has 10 rings (SSSR count). The van der Waals surface area contributed by atoms with Gasteiger partial charge >= 0.3 is 0 Å². The highest BCUT2D eigenvalue weighted by Gasteiger charge is 2.31. The maximum absolute atomic E-state index is 14.1. The Morgan fingerprint density at radius 1 is 0.467 bits per heavy atom. The molecule has 0 radical (unpaired) electrons. The average Bonchev–Trinajstić information content (AvgIpc) is 0.758. The van der Waals surface area contributed by atoms with Crippen LogP contribution in [0.5, 0.6) is 11.5 Å². The predicted molar refractivity (Wildman–Crippen MR) is 478 cm³/mol. The molecule has 0 unspecified atom stereocenters. The third-order valence-corrected chi connectivity index (χ3v) is 22.2.